The standard InChI is InChI=1S/C51H70N4O8/c1-46(2)25-27-51(45(58)61-32-33-16-12-11-13-17-33)28-26-49(6)34(35(51)30-46)19-22-40-48(5)31-38(44(57)47(3,4)39(48)23-24-50(40,49)7)62-41(56)18-14-9-8-10-15-29-52-36-20-21-37(55(59)60)43-42(36)53-63-54-43/h11-13,16-17,19-21,35,38-40,44,52,57H,8-10,14-15,18,22-32H2,1-7H3/t35-,38+,39-,40+,44-,48-,49+,50+,51-/m0/s1. The van der Waals surface area contributed by atoms with Crippen molar-refractivity contribution in [3.05, 3.63) is 69.8 Å². The van der Waals surface area contributed by atoms with Crippen LogP contribution >= 0.6 is 0 Å². The van der Waals surface area contributed by atoms with Crippen LogP contribution in [0.2, 0.25) is 0 Å². The fourth-order valence-electron chi connectivity index (χ4n) is 14.2. The number of allylic oxidation sites excluding steroid dienone is 2. The topological polar surface area (TPSA) is 167 Å². The number of aliphatic hydroxyl groups excluding tert-OH is 1. The number of unbranched alkanes of at least 4 members (excludes halogenated alkanes) is 4. The van der Waals surface area contributed by atoms with E-state index in [1.807, 2.05) is 30.3 Å². The molecule has 0 spiro atoms. The number of nitro groups is 1. The summed E-state index contributed by atoms with van der Waals surface area (Å²) in [5, 5.41) is 34.1. The predicted molar refractivity (Wildman–Crippen MR) is 241 cm³/mol. The first-order valence-corrected chi connectivity index (χ1v) is 23.8. The number of anilines is 1. The lowest BCUT2D eigenvalue weighted by molar-refractivity contribution is -0.383. The molecule has 0 bridgehead atoms. The Hall–Kier alpha value is -4.32. The van der Waals surface area contributed by atoms with Crippen molar-refractivity contribution >= 4 is 34.3 Å². The number of nitrogens with one attached hydrogen (secondary N) is 1. The SMILES string of the molecule is CC1(C)CC[C@]2(C(=O)OCc3ccccc3)CC[C@]3(C)C(=CC[C@@H]4[C@@]5(C)C[C@@H](OC(=O)CCCCCCCNc6ccc([N+](=O)[O-])c7nonc67)[C@H](O)C(C)(C)[C@@H]5CC[C@]43C)[C@@H]2C1. The predicted octanol–water partition coefficient (Wildman–Crippen LogP) is 11.3. The minimum atomic E-state index is -0.742. The monoisotopic (exact) mass is 867 g/mol. The molecule has 1 aromatic heterocycles. The highest BCUT2D eigenvalue weighted by molar-refractivity contribution is 5.93. The van der Waals surface area contributed by atoms with Gasteiger partial charge in [0.05, 0.1) is 22.1 Å². The minimum absolute atomic E-state index is 0.0199. The first-order valence-electron chi connectivity index (χ1n) is 23.8. The molecule has 4 fully saturated rings. The summed E-state index contributed by atoms with van der Waals surface area (Å²) in [7, 11) is 0. The minimum Gasteiger partial charge on any atom is -0.460 e. The average Bonchev–Trinajstić information content (AvgIpc) is 3.74. The number of carbonyl (C=O) groups is 2. The average molecular weight is 867 g/mol. The second kappa shape index (κ2) is 16.9. The van der Waals surface area contributed by atoms with Crippen LogP contribution in [0.1, 0.15) is 150 Å². The van der Waals surface area contributed by atoms with Gasteiger partial charge in [0.25, 0.3) is 0 Å². The maximum atomic E-state index is 14.4. The molecular weight excluding hydrogens is 797 g/mol. The van der Waals surface area contributed by atoms with Crippen LogP contribution < -0.4 is 5.32 Å². The molecule has 2 N–H and O–H groups in total. The summed E-state index contributed by atoms with van der Waals surface area (Å²) in [6, 6.07) is 13.1. The van der Waals surface area contributed by atoms with E-state index in [-0.39, 0.29) is 56.6 Å². The molecule has 8 rings (SSSR count). The maximum Gasteiger partial charge on any atom is 0.313 e. The summed E-state index contributed by atoms with van der Waals surface area (Å²) in [5.41, 5.74) is 2.43. The largest absolute Gasteiger partial charge is 0.460 e. The smallest absolute Gasteiger partial charge is 0.313 e. The number of nitro benzene ring substituents is 1. The van der Waals surface area contributed by atoms with Crippen LogP contribution in [-0.4, -0.2) is 51.0 Å². The van der Waals surface area contributed by atoms with Crippen molar-refractivity contribution in [2.75, 3.05) is 11.9 Å². The first-order chi connectivity index (χ1) is 29.9. The van der Waals surface area contributed by atoms with E-state index >= 15 is 0 Å². The summed E-state index contributed by atoms with van der Waals surface area (Å²) < 4.78 is 17.3. The van der Waals surface area contributed by atoms with Crippen LogP contribution in [0.3, 0.4) is 0 Å². The lowest BCUT2D eigenvalue weighted by Gasteiger charge is -2.71. The Kier molecular flexibility index (Phi) is 12.1. The van der Waals surface area contributed by atoms with Crippen molar-refractivity contribution < 1.29 is 33.7 Å². The van der Waals surface area contributed by atoms with Crippen molar-refractivity contribution in [1.29, 1.82) is 0 Å². The highest BCUT2D eigenvalue weighted by Crippen LogP contribution is 2.76. The van der Waals surface area contributed by atoms with Crippen LogP contribution in [0.25, 0.3) is 11.0 Å². The van der Waals surface area contributed by atoms with Gasteiger partial charge in [0, 0.05) is 19.0 Å². The van der Waals surface area contributed by atoms with Gasteiger partial charge in [0.15, 0.2) is 5.52 Å². The zero-order chi connectivity index (χ0) is 45.0. The van der Waals surface area contributed by atoms with Crippen LogP contribution in [0.15, 0.2) is 58.7 Å². The number of non-ortho nitro benzene ring substituents is 1. The third-order valence-electron chi connectivity index (χ3n) is 17.9. The normalized spacial score (nSPS) is 34.0. The molecular formula is C51H70N4O8. The van der Waals surface area contributed by atoms with Gasteiger partial charge in [-0.25, -0.2) is 4.63 Å². The molecule has 3 aromatic rings. The van der Waals surface area contributed by atoms with Gasteiger partial charge < -0.3 is 19.9 Å². The van der Waals surface area contributed by atoms with E-state index in [1.165, 1.54) is 11.6 Å². The van der Waals surface area contributed by atoms with Crippen molar-refractivity contribution in [2.45, 2.75) is 164 Å². The molecule has 0 amide bonds. The highest BCUT2D eigenvalue weighted by Gasteiger charge is 2.70. The number of esters is 2. The number of benzene rings is 2. The Balaban J connectivity index is 0.901. The molecule has 0 aliphatic heterocycles. The number of fused-ring (bicyclic) bond motifs is 8. The van der Waals surface area contributed by atoms with E-state index in [0.29, 0.717) is 43.1 Å². The number of aromatic nitrogens is 2. The third kappa shape index (κ3) is 7.88. The fraction of sp³-hybridized carbons (Fsp3) is 0.686. The van der Waals surface area contributed by atoms with E-state index in [1.54, 1.807) is 6.07 Å². The molecule has 0 radical (unpaired) electrons. The van der Waals surface area contributed by atoms with Gasteiger partial charge in [0.1, 0.15) is 12.7 Å². The maximum absolute atomic E-state index is 14.4. The van der Waals surface area contributed by atoms with E-state index in [0.717, 1.165) is 89.0 Å². The van der Waals surface area contributed by atoms with E-state index in [4.69, 9.17) is 14.1 Å². The summed E-state index contributed by atoms with van der Waals surface area (Å²) in [6.07, 6.45) is 14.3. The van der Waals surface area contributed by atoms with Crippen molar-refractivity contribution in [1.82, 2.24) is 10.3 Å². The van der Waals surface area contributed by atoms with E-state index in [2.05, 4.69) is 70.2 Å². The third-order valence-corrected chi connectivity index (χ3v) is 17.9. The Morgan fingerprint density at radius 2 is 1.59 bits per heavy atom. The molecule has 63 heavy (non-hydrogen) atoms. The first kappa shape index (κ1) is 45.3. The Labute approximate surface area is 372 Å². The molecule has 12 nitrogen and oxygen atoms in total. The number of hydrogen-bond donors (Lipinski definition) is 2. The molecule has 5 aliphatic rings. The van der Waals surface area contributed by atoms with Crippen LogP contribution in [0, 0.1) is 60.4 Å². The van der Waals surface area contributed by atoms with Gasteiger partial charge in [-0.05, 0) is 137 Å². The number of carbonyl (C=O) groups excluding carboxylic acids is 2. The molecule has 0 saturated heterocycles. The van der Waals surface area contributed by atoms with Crippen molar-refractivity contribution in [2.24, 2.45) is 50.2 Å². The molecule has 4 saturated carbocycles. The molecule has 9 atom stereocenters. The summed E-state index contributed by atoms with van der Waals surface area (Å²) in [6.45, 7) is 17.6. The summed E-state index contributed by atoms with van der Waals surface area (Å²) >= 11 is 0. The van der Waals surface area contributed by atoms with E-state index < -0.39 is 28.0 Å². The lowest BCUT2D eigenvalue weighted by Crippen LogP contribution is -2.67. The van der Waals surface area contributed by atoms with Crippen LogP contribution in [0.5, 0.6) is 0 Å². The number of rotatable bonds is 14. The van der Waals surface area contributed by atoms with Gasteiger partial charge in [-0.1, -0.05) is 110 Å². The van der Waals surface area contributed by atoms with Crippen LogP contribution in [0.4, 0.5) is 11.4 Å². The molecule has 0 unspecified atom stereocenters. The lowest BCUT2D eigenvalue weighted by atomic mass is 9.33. The van der Waals surface area contributed by atoms with Gasteiger partial charge in [0.2, 0.25) is 5.52 Å². The van der Waals surface area contributed by atoms with Gasteiger partial charge in [-0.3, -0.25) is 19.7 Å². The zero-order valence-electron chi connectivity index (χ0n) is 38.7. The summed E-state index contributed by atoms with van der Waals surface area (Å²) in [4.78, 5) is 38.7. The van der Waals surface area contributed by atoms with Crippen molar-refractivity contribution in [3.63, 3.8) is 0 Å². The van der Waals surface area contributed by atoms with Gasteiger partial charge in [-0.2, -0.15) is 0 Å². The molecule has 12 heteroatoms. The number of aliphatic hydroxyl groups is 1. The highest BCUT2D eigenvalue weighted by atomic mass is 16.6. The number of hydrogen-bond acceptors (Lipinski definition) is 11. The van der Waals surface area contributed by atoms with Crippen molar-refractivity contribution in [3.8, 4) is 0 Å². The van der Waals surface area contributed by atoms with Gasteiger partial charge in [-0.15, -0.1) is 0 Å². The Morgan fingerprint density at radius 1 is 0.873 bits per heavy atom. The zero-order valence-corrected chi connectivity index (χ0v) is 38.7. The Morgan fingerprint density at radius 3 is 2.35 bits per heavy atom. The molecule has 1 heterocycles. The summed E-state index contributed by atoms with van der Waals surface area (Å²) in [5.74, 6) is 0.513. The molecule has 342 valence electrons. The second-order valence-electron chi connectivity index (χ2n) is 22.2. The molecule has 5 aliphatic carbocycles. The van der Waals surface area contributed by atoms with E-state index in [9.17, 15) is 24.8 Å². The number of nitrogens with zero attached hydrogens (tertiary/aromatic N) is 3. The van der Waals surface area contributed by atoms with Crippen LogP contribution in [-0.2, 0) is 25.7 Å². The fourth-order valence-corrected chi connectivity index (χ4v) is 14.2. The molecule has 2 aromatic carbocycles. The van der Waals surface area contributed by atoms with Gasteiger partial charge >= 0.3 is 17.6 Å². The Bertz CT molecular complexity index is 2220. The number of ether oxygens (including phenoxy) is 2. The second-order valence-corrected chi connectivity index (χ2v) is 22.2. The quantitative estimate of drug-likeness (QED) is 0.0520.